The minimum absolute atomic E-state index is 0.145. The first-order chi connectivity index (χ1) is 7.51. The quantitative estimate of drug-likeness (QED) is 0.467. The Labute approximate surface area is 93.4 Å². The number of hydrogen-bond donors (Lipinski definition) is 0. The van der Waals surface area contributed by atoms with Gasteiger partial charge in [0.15, 0.2) is 0 Å². The first kappa shape index (κ1) is 12.3. The molecular formula is C8H4ClF2N3O2. The third kappa shape index (κ3) is 2.23. The second-order valence-electron chi connectivity index (χ2n) is 2.71. The number of aromatic nitrogens is 1. The van der Waals surface area contributed by atoms with Crippen LogP contribution in [0.4, 0.5) is 14.5 Å². The van der Waals surface area contributed by atoms with Gasteiger partial charge in [0.2, 0.25) is 5.69 Å². The molecule has 0 unspecified atom stereocenters. The summed E-state index contributed by atoms with van der Waals surface area (Å²) in [5.41, 5.74) is -2.12. The van der Waals surface area contributed by atoms with Crippen molar-refractivity contribution >= 4 is 17.3 Å². The van der Waals surface area contributed by atoms with Crippen LogP contribution in [0.25, 0.3) is 0 Å². The van der Waals surface area contributed by atoms with Crippen molar-refractivity contribution in [2.45, 2.75) is 12.3 Å². The van der Waals surface area contributed by atoms with Crippen LogP contribution in [-0.2, 0) is 5.88 Å². The van der Waals surface area contributed by atoms with Gasteiger partial charge in [-0.15, -0.1) is 11.6 Å². The zero-order valence-corrected chi connectivity index (χ0v) is 8.41. The molecular weight excluding hydrogens is 244 g/mol. The molecule has 1 rings (SSSR count). The molecule has 84 valence electrons. The lowest BCUT2D eigenvalue weighted by Crippen LogP contribution is -2.03. The number of hydrogen-bond acceptors (Lipinski definition) is 4. The number of nitrogens with zero attached hydrogens (tertiary/aromatic N) is 3. The highest BCUT2D eigenvalue weighted by Gasteiger charge is 2.24. The van der Waals surface area contributed by atoms with Crippen LogP contribution < -0.4 is 0 Å². The molecule has 0 spiro atoms. The zero-order valence-electron chi connectivity index (χ0n) is 7.65. The van der Waals surface area contributed by atoms with Crippen LogP contribution in [0.1, 0.15) is 23.4 Å². The fraction of sp³-hybridized carbons (Fsp3) is 0.250. The van der Waals surface area contributed by atoms with Gasteiger partial charge in [-0.3, -0.25) is 10.1 Å². The van der Waals surface area contributed by atoms with Crippen LogP contribution in [0, 0.1) is 21.4 Å². The predicted octanol–water partition coefficient (Wildman–Crippen LogP) is 2.54. The first-order valence-electron chi connectivity index (χ1n) is 3.93. The molecule has 8 heteroatoms. The van der Waals surface area contributed by atoms with Crippen molar-refractivity contribution in [3.63, 3.8) is 0 Å². The van der Waals surface area contributed by atoms with Crippen LogP contribution >= 0.6 is 11.6 Å². The summed E-state index contributed by atoms with van der Waals surface area (Å²) in [6, 6.07) is 2.23. The van der Waals surface area contributed by atoms with E-state index in [1.807, 2.05) is 0 Å². The fourth-order valence-electron chi connectivity index (χ4n) is 1.11. The van der Waals surface area contributed by atoms with Crippen LogP contribution in [0.15, 0.2) is 6.07 Å². The van der Waals surface area contributed by atoms with E-state index in [-0.39, 0.29) is 11.4 Å². The maximum absolute atomic E-state index is 12.3. The van der Waals surface area contributed by atoms with E-state index in [0.717, 1.165) is 6.07 Å². The molecule has 0 bridgehead atoms. The number of nitriles is 1. The lowest BCUT2D eigenvalue weighted by Gasteiger charge is -2.04. The Bertz CT molecular complexity index is 473. The Morgan fingerprint density at radius 2 is 2.31 bits per heavy atom. The largest absolute Gasteiger partial charge is 0.310 e. The van der Waals surface area contributed by atoms with E-state index in [0.29, 0.717) is 0 Å². The number of pyridine rings is 1. The van der Waals surface area contributed by atoms with Crippen LogP contribution in [-0.4, -0.2) is 9.91 Å². The highest BCUT2D eigenvalue weighted by Crippen LogP contribution is 2.28. The molecule has 0 saturated heterocycles. The molecule has 0 aromatic carbocycles. The van der Waals surface area contributed by atoms with E-state index in [2.05, 4.69) is 4.98 Å². The van der Waals surface area contributed by atoms with E-state index in [9.17, 15) is 18.9 Å². The normalized spacial score (nSPS) is 10.2. The van der Waals surface area contributed by atoms with Crippen molar-refractivity contribution in [1.82, 2.24) is 4.98 Å². The van der Waals surface area contributed by atoms with Crippen molar-refractivity contribution < 1.29 is 13.7 Å². The number of alkyl halides is 3. The monoisotopic (exact) mass is 247 g/mol. The molecule has 0 aliphatic heterocycles. The molecule has 0 atom stereocenters. The molecule has 5 nitrogen and oxygen atoms in total. The van der Waals surface area contributed by atoms with Gasteiger partial charge in [0.05, 0.1) is 10.8 Å². The minimum atomic E-state index is -2.91. The van der Waals surface area contributed by atoms with Crippen molar-refractivity contribution in [2.75, 3.05) is 0 Å². The van der Waals surface area contributed by atoms with Gasteiger partial charge in [0.1, 0.15) is 11.8 Å². The Morgan fingerprint density at radius 3 is 2.69 bits per heavy atom. The zero-order chi connectivity index (χ0) is 12.3. The Balaban J connectivity index is 3.51. The van der Waals surface area contributed by atoms with Gasteiger partial charge in [0.25, 0.3) is 6.43 Å². The molecule has 0 radical (unpaired) electrons. The van der Waals surface area contributed by atoms with Gasteiger partial charge in [-0.05, 0) is 6.07 Å². The predicted molar refractivity (Wildman–Crippen MR) is 50.1 cm³/mol. The van der Waals surface area contributed by atoms with E-state index < -0.39 is 28.4 Å². The summed E-state index contributed by atoms with van der Waals surface area (Å²) in [5.74, 6) is -0.340. The standard InChI is InChI=1S/C8H4ClF2N3O2/c9-2-4-1-5(8(10)11)13-6(3-12)7(4)14(15)16/h1,8H,2H2. The van der Waals surface area contributed by atoms with Gasteiger partial charge in [-0.1, -0.05) is 0 Å². The summed E-state index contributed by atoms with van der Waals surface area (Å²) in [6.07, 6.45) is -2.91. The fourth-order valence-corrected chi connectivity index (χ4v) is 1.31. The smallest absolute Gasteiger partial charge is 0.258 e. The van der Waals surface area contributed by atoms with Gasteiger partial charge >= 0.3 is 5.69 Å². The molecule has 1 aromatic rings. The summed E-state index contributed by atoms with van der Waals surface area (Å²) in [6.45, 7) is 0. The molecule has 0 saturated carbocycles. The average Bonchev–Trinajstić information content (AvgIpc) is 2.26. The third-order valence-corrected chi connectivity index (χ3v) is 2.04. The van der Waals surface area contributed by atoms with Gasteiger partial charge in [-0.25, -0.2) is 13.8 Å². The third-order valence-electron chi connectivity index (χ3n) is 1.75. The van der Waals surface area contributed by atoms with E-state index >= 15 is 0 Å². The maximum Gasteiger partial charge on any atom is 0.310 e. The topological polar surface area (TPSA) is 79.8 Å². The van der Waals surface area contributed by atoms with Gasteiger partial charge < -0.3 is 0 Å². The minimum Gasteiger partial charge on any atom is -0.258 e. The highest BCUT2D eigenvalue weighted by molar-refractivity contribution is 6.17. The summed E-state index contributed by atoms with van der Waals surface area (Å²) in [4.78, 5) is 13.0. The molecule has 0 aliphatic rings. The highest BCUT2D eigenvalue weighted by atomic mass is 35.5. The van der Waals surface area contributed by atoms with Gasteiger partial charge in [-0.2, -0.15) is 5.26 Å². The Kier molecular flexibility index (Phi) is 3.68. The van der Waals surface area contributed by atoms with Crippen LogP contribution in [0.3, 0.4) is 0 Å². The summed E-state index contributed by atoms with van der Waals surface area (Å²) < 4.78 is 24.7. The summed E-state index contributed by atoms with van der Waals surface area (Å²) >= 11 is 5.40. The lowest BCUT2D eigenvalue weighted by atomic mass is 10.1. The maximum atomic E-state index is 12.3. The molecule has 0 fully saturated rings. The SMILES string of the molecule is N#Cc1nc(C(F)F)cc(CCl)c1[N+](=O)[O-]. The molecule has 0 aliphatic carbocycles. The second-order valence-corrected chi connectivity index (χ2v) is 2.97. The van der Waals surface area contributed by atoms with E-state index in [1.165, 1.54) is 6.07 Å². The first-order valence-corrected chi connectivity index (χ1v) is 4.47. The van der Waals surface area contributed by atoms with E-state index in [1.54, 1.807) is 0 Å². The molecule has 16 heavy (non-hydrogen) atoms. The number of halogens is 3. The number of rotatable bonds is 3. The van der Waals surface area contributed by atoms with Crippen molar-refractivity contribution in [3.05, 3.63) is 33.1 Å². The number of nitro groups is 1. The lowest BCUT2D eigenvalue weighted by molar-refractivity contribution is -0.386. The van der Waals surface area contributed by atoms with Crippen molar-refractivity contribution in [1.29, 1.82) is 5.26 Å². The summed E-state index contributed by atoms with van der Waals surface area (Å²) in [7, 11) is 0. The molecule has 1 aromatic heterocycles. The van der Waals surface area contributed by atoms with Crippen molar-refractivity contribution in [3.8, 4) is 6.07 Å². The van der Waals surface area contributed by atoms with E-state index in [4.69, 9.17) is 16.9 Å². The summed E-state index contributed by atoms with van der Waals surface area (Å²) in [5, 5.41) is 19.2. The molecule has 0 amide bonds. The Morgan fingerprint density at radius 1 is 1.69 bits per heavy atom. The average molecular weight is 248 g/mol. The van der Waals surface area contributed by atoms with Crippen LogP contribution in [0.5, 0.6) is 0 Å². The molecule has 1 heterocycles. The Hall–Kier alpha value is -1.81. The molecule has 0 N–H and O–H groups in total. The second kappa shape index (κ2) is 4.81. The van der Waals surface area contributed by atoms with Crippen LogP contribution in [0.2, 0.25) is 0 Å². The van der Waals surface area contributed by atoms with Gasteiger partial charge in [0, 0.05) is 5.56 Å². The van der Waals surface area contributed by atoms with Crippen molar-refractivity contribution in [2.24, 2.45) is 0 Å².